The number of rotatable bonds is 5. The molecule has 0 aliphatic rings. The van der Waals surface area contributed by atoms with E-state index in [0.29, 0.717) is 24.4 Å². The van der Waals surface area contributed by atoms with Crippen LogP contribution in [0.25, 0.3) is 11.1 Å². The van der Waals surface area contributed by atoms with Gasteiger partial charge in [0.15, 0.2) is 11.5 Å². The third-order valence-electron chi connectivity index (χ3n) is 4.28. The highest BCUT2D eigenvalue weighted by Gasteiger charge is 2.09. The van der Waals surface area contributed by atoms with E-state index in [1.807, 2.05) is 48.5 Å². The fraction of sp³-hybridized carbons (Fsp3) is 0.0909. The quantitative estimate of drug-likeness (QED) is 0.564. The summed E-state index contributed by atoms with van der Waals surface area (Å²) in [6.07, 6.45) is 0.641. The second-order valence-corrected chi connectivity index (χ2v) is 6.30. The Labute approximate surface area is 156 Å². The molecule has 3 aromatic carbocycles. The van der Waals surface area contributed by atoms with Gasteiger partial charge in [-0.3, -0.25) is 4.79 Å². The number of aromatic hydroxyl groups is 1. The van der Waals surface area contributed by atoms with Gasteiger partial charge < -0.3 is 14.8 Å². The molecule has 1 heterocycles. The van der Waals surface area contributed by atoms with Gasteiger partial charge in [-0.1, -0.05) is 36.4 Å². The van der Waals surface area contributed by atoms with Crippen molar-refractivity contribution in [3.8, 4) is 5.75 Å². The molecule has 0 saturated heterocycles. The van der Waals surface area contributed by atoms with Crippen LogP contribution < -0.4 is 5.32 Å². The van der Waals surface area contributed by atoms with Crippen molar-refractivity contribution < 1.29 is 14.3 Å². The Morgan fingerprint density at radius 1 is 0.963 bits per heavy atom. The predicted molar refractivity (Wildman–Crippen MR) is 103 cm³/mol. The van der Waals surface area contributed by atoms with Crippen molar-refractivity contribution in [1.29, 1.82) is 0 Å². The summed E-state index contributed by atoms with van der Waals surface area (Å²) in [5.41, 5.74) is 4.09. The standard InChI is InChI=1S/C22H18N2O3/c25-18-9-7-17(8-10-18)22(26)23-14-16-6-11-20-19(12-16)24-21(27-20)13-15-4-2-1-3-5-15/h1-12,25H,13-14H2,(H,23,26). The molecule has 0 spiro atoms. The minimum Gasteiger partial charge on any atom is -0.508 e. The van der Waals surface area contributed by atoms with Crippen molar-refractivity contribution in [2.75, 3.05) is 0 Å². The van der Waals surface area contributed by atoms with Gasteiger partial charge in [0.1, 0.15) is 11.3 Å². The third kappa shape index (κ3) is 3.98. The van der Waals surface area contributed by atoms with Crippen LogP contribution in [-0.2, 0) is 13.0 Å². The van der Waals surface area contributed by atoms with Gasteiger partial charge in [-0.25, -0.2) is 4.98 Å². The smallest absolute Gasteiger partial charge is 0.251 e. The molecular weight excluding hydrogens is 340 g/mol. The van der Waals surface area contributed by atoms with E-state index in [9.17, 15) is 9.90 Å². The molecule has 0 radical (unpaired) electrons. The molecule has 0 saturated carbocycles. The summed E-state index contributed by atoms with van der Waals surface area (Å²) in [4.78, 5) is 16.7. The lowest BCUT2D eigenvalue weighted by atomic mass is 10.1. The number of carbonyl (C=O) groups is 1. The molecule has 1 amide bonds. The van der Waals surface area contributed by atoms with Crippen molar-refractivity contribution in [2.24, 2.45) is 0 Å². The maximum absolute atomic E-state index is 12.2. The Bertz CT molecular complexity index is 1070. The van der Waals surface area contributed by atoms with Crippen LogP contribution in [-0.4, -0.2) is 16.0 Å². The molecule has 5 heteroatoms. The van der Waals surface area contributed by atoms with Gasteiger partial charge in [-0.2, -0.15) is 0 Å². The summed E-state index contributed by atoms with van der Waals surface area (Å²) in [6, 6.07) is 21.9. The average Bonchev–Trinajstić information content (AvgIpc) is 3.09. The second-order valence-electron chi connectivity index (χ2n) is 6.30. The maximum Gasteiger partial charge on any atom is 0.251 e. The number of hydrogen-bond donors (Lipinski definition) is 2. The fourth-order valence-electron chi connectivity index (χ4n) is 2.87. The minimum atomic E-state index is -0.194. The number of hydrogen-bond acceptors (Lipinski definition) is 4. The van der Waals surface area contributed by atoms with Gasteiger partial charge in [-0.05, 0) is 47.5 Å². The number of aromatic nitrogens is 1. The third-order valence-corrected chi connectivity index (χ3v) is 4.28. The Morgan fingerprint density at radius 3 is 2.52 bits per heavy atom. The summed E-state index contributed by atoms with van der Waals surface area (Å²) in [7, 11) is 0. The zero-order chi connectivity index (χ0) is 18.6. The van der Waals surface area contributed by atoms with E-state index in [2.05, 4.69) is 10.3 Å². The zero-order valence-electron chi connectivity index (χ0n) is 14.6. The Balaban J connectivity index is 1.45. The maximum atomic E-state index is 12.2. The number of fused-ring (bicyclic) bond motifs is 1. The molecule has 2 N–H and O–H groups in total. The first-order chi connectivity index (χ1) is 13.2. The molecule has 0 bridgehead atoms. The fourth-order valence-corrected chi connectivity index (χ4v) is 2.87. The van der Waals surface area contributed by atoms with Gasteiger partial charge in [0.05, 0.1) is 0 Å². The van der Waals surface area contributed by atoms with Crippen molar-refractivity contribution in [3.05, 3.63) is 95.4 Å². The molecule has 0 aliphatic heterocycles. The first kappa shape index (κ1) is 16.8. The van der Waals surface area contributed by atoms with Crippen molar-refractivity contribution >= 4 is 17.0 Å². The topological polar surface area (TPSA) is 75.4 Å². The number of nitrogens with zero attached hydrogens (tertiary/aromatic N) is 1. The zero-order valence-corrected chi connectivity index (χ0v) is 14.6. The highest BCUT2D eigenvalue weighted by Crippen LogP contribution is 2.19. The van der Waals surface area contributed by atoms with Gasteiger partial charge in [0, 0.05) is 18.5 Å². The Morgan fingerprint density at radius 2 is 1.74 bits per heavy atom. The molecule has 27 heavy (non-hydrogen) atoms. The SMILES string of the molecule is O=C(NCc1ccc2oc(Cc3ccccc3)nc2c1)c1ccc(O)cc1. The summed E-state index contributed by atoms with van der Waals surface area (Å²) >= 11 is 0. The molecule has 0 aliphatic carbocycles. The summed E-state index contributed by atoms with van der Waals surface area (Å²) in [5, 5.41) is 12.2. The number of carbonyl (C=O) groups excluding carboxylic acids is 1. The van der Waals surface area contributed by atoms with E-state index in [4.69, 9.17) is 4.42 Å². The number of phenolic OH excluding ortho intramolecular Hbond substituents is 1. The Kier molecular flexibility index (Phi) is 4.58. The van der Waals surface area contributed by atoms with Gasteiger partial charge >= 0.3 is 0 Å². The molecule has 5 nitrogen and oxygen atoms in total. The summed E-state index contributed by atoms with van der Waals surface area (Å²) in [5.74, 6) is 0.607. The van der Waals surface area contributed by atoms with E-state index < -0.39 is 0 Å². The van der Waals surface area contributed by atoms with E-state index >= 15 is 0 Å². The van der Waals surface area contributed by atoms with E-state index in [0.717, 1.165) is 22.2 Å². The normalized spacial score (nSPS) is 10.8. The molecule has 4 aromatic rings. The van der Waals surface area contributed by atoms with Crippen LogP contribution in [0.2, 0.25) is 0 Å². The van der Waals surface area contributed by atoms with Crippen molar-refractivity contribution in [3.63, 3.8) is 0 Å². The number of oxazole rings is 1. The molecule has 0 fully saturated rings. The first-order valence-corrected chi connectivity index (χ1v) is 8.67. The molecule has 1 aromatic heterocycles. The predicted octanol–water partition coefficient (Wildman–Crippen LogP) is 4.05. The van der Waals surface area contributed by atoms with Crippen LogP contribution in [0, 0.1) is 0 Å². The van der Waals surface area contributed by atoms with Crippen molar-refractivity contribution in [1.82, 2.24) is 10.3 Å². The number of nitrogens with one attached hydrogen (secondary N) is 1. The lowest BCUT2D eigenvalue weighted by molar-refractivity contribution is 0.0951. The molecule has 0 unspecified atom stereocenters. The summed E-state index contributed by atoms with van der Waals surface area (Å²) in [6.45, 7) is 0.385. The van der Waals surface area contributed by atoms with Crippen LogP contribution in [0.1, 0.15) is 27.4 Å². The van der Waals surface area contributed by atoms with E-state index in [1.54, 1.807) is 12.1 Å². The van der Waals surface area contributed by atoms with Gasteiger partial charge in [-0.15, -0.1) is 0 Å². The lowest BCUT2D eigenvalue weighted by Crippen LogP contribution is -2.22. The number of phenols is 1. The van der Waals surface area contributed by atoms with E-state index in [1.165, 1.54) is 12.1 Å². The van der Waals surface area contributed by atoms with E-state index in [-0.39, 0.29) is 11.7 Å². The number of benzene rings is 3. The molecule has 134 valence electrons. The molecule has 0 atom stereocenters. The molecular formula is C22H18N2O3. The lowest BCUT2D eigenvalue weighted by Gasteiger charge is -2.05. The summed E-state index contributed by atoms with van der Waals surface area (Å²) < 4.78 is 5.81. The number of amides is 1. The van der Waals surface area contributed by atoms with Crippen LogP contribution in [0.5, 0.6) is 5.75 Å². The molecule has 4 rings (SSSR count). The minimum absolute atomic E-state index is 0.134. The first-order valence-electron chi connectivity index (χ1n) is 8.67. The van der Waals surface area contributed by atoms with Crippen molar-refractivity contribution in [2.45, 2.75) is 13.0 Å². The van der Waals surface area contributed by atoms with Crippen LogP contribution in [0.15, 0.2) is 77.2 Å². The van der Waals surface area contributed by atoms with Crippen LogP contribution in [0.3, 0.4) is 0 Å². The second kappa shape index (κ2) is 7.33. The largest absolute Gasteiger partial charge is 0.508 e. The Hall–Kier alpha value is -3.60. The van der Waals surface area contributed by atoms with Crippen LogP contribution >= 0.6 is 0 Å². The monoisotopic (exact) mass is 358 g/mol. The highest BCUT2D eigenvalue weighted by molar-refractivity contribution is 5.94. The highest BCUT2D eigenvalue weighted by atomic mass is 16.3. The van der Waals surface area contributed by atoms with Gasteiger partial charge in [0.25, 0.3) is 5.91 Å². The van der Waals surface area contributed by atoms with Gasteiger partial charge in [0.2, 0.25) is 0 Å². The average molecular weight is 358 g/mol. The van der Waals surface area contributed by atoms with Crippen LogP contribution in [0.4, 0.5) is 0 Å².